The quantitative estimate of drug-likeness (QED) is 0.473. The van der Waals surface area contributed by atoms with Crippen molar-refractivity contribution in [3.8, 4) is 0 Å². The van der Waals surface area contributed by atoms with Gasteiger partial charge in [-0.15, -0.1) is 11.8 Å². The van der Waals surface area contributed by atoms with E-state index in [0.29, 0.717) is 24.3 Å². The van der Waals surface area contributed by atoms with Crippen LogP contribution in [0.2, 0.25) is 0 Å². The van der Waals surface area contributed by atoms with E-state index < -0.39 is 10.0 Å². The molecule has 0 fully saturated rings. The highest BCUT2D eigenvalue weighted by Gasteiger charge is 2.14. The van der Waals surface area contributed by atoms with Crippen LogP contribution in [0.15, 0.2) is 29.2 Å². The second kappa shape index (κ2) is 8.51. The number of aliphatic hydroxyl groups is 1. The number of nitrogens with one attached hydrogen (secondary N) is 1. The maximum atomic E-state index is 11.8. The second-order valence-electron chi connectivity index (χ2n) is 4.62. The Bertz CT molecular complexity index is 489. The Kier molecular flexibility index (Phi) is 7.36. The van der Waals surface area contributed by atoms with Gasteiger partial charge in [-0.3, -0.25) is 0 Å². The van der Waals surface area contributed by atoms with Crippen molar-refractivity contribution in [1.29, 1.82) is 0 Å². The van der Waals surface area contributed by atoms with Crippen molar-refractivity contribution in [3.63, 3.8) is 0 Å². The van der Waals surface area contributed by atoms with Crippen LogP contribution in [-0.4, -0.2) is 37.7 Å². The first-order chi connectivity index (χ1) is 9.43. The SMILES string of the molecule is CC(CCCO)NS(=O)(=O)CCSc1ccc(N)cc1. The third kappa shape index (κ3) is 7.14. The molecule has 5 nitrogen and oxygen atoms in total. The van der Waals surface area contributed by atoms with Crippen molar-refractivity contribution in [2.24, 2.45) is 0 Å². The molecule has 20 heavy (non-hydrogen) atoms. The number of nitrogen functional groups attached to an aromatic ring is 1. The summed E-state index contributed by atoms with van der Waals surface area (Å²) in [6.45, 7) is 1.89. The monoisotopic (exact) mass is 318 g/mol. The lowest BCUT2D eigenvalue weighted by Crippen LogP contribution is -2.35. The van der Waals surface area contributed by atoms with E-state index in [0.717, 1.165) is 4.90 Å². The van der Waals surface area contributed by atoms with Gasteiger partial charge in [-0.05, 0) is 44.0 Å². The molecular formula is C13H22N2O3S2. The van der Waals surface area contributed by atoms with E-state index in [-0.39, 0.29) is 18.4 Å². The molecular weight excluding hydrogens is 296 g/mol. The highest BCUT2D eigenvalue weighted by Crippen LogP contribution is 2.19. The van der Waals surface area contributed by atoms with Gasteiger partial charge in [0.15, 0.2) is 0 Å². The van der Waals surface area contributed by atoms with Gasteiger partial charge >= 0.3 is 0 Å². The maximum Gasteiger partial charge on any atom is 0.212 e. The number of benzene rings is 1. The van der Waals surface area contributed by atoms with Gasteiger partial charge in [-0.25, -0.2) is 13.1 Å². The highest BCUT2D eigenvalue weighted by atomic mass is 32.2. The van der Waals surface area contributed by atoms with Crippen molar-refractivity contribution < 1.29 is 13.5 Å². The van der Waals surface area contributed by atoms with Crippen LogP contribution in [-0.2, 0) is 10.0 Å². The normalized spacial score (nSPS) is 13.3. The number of sulfonamides is 1. The van der Waals surface area contributed by atoms with Crippen LogP contribution in [0.3, 0.4) is 0 Å². The van der Waals surface area contributed by atoms with Crippen molar-refractivity contribution in [3.05, 3.63) is 24.3 Å². The van der Waals surface area contributed by atoms with E-state index in [1.54, 1.807) is 19.1 Å². The molecule has 0 heterocycles. The molecule has 0 bridgehead atoms. The smallest absolute Gasteiger partial charge is 0.212 e. The summed E-state index contributed by atoms with van der Waals surface area (Å²) < 4.78 is 26.3. The van der Waals surface area contributed by atoms with Crippen LogP contribution >= 0.6 is 11.8 Å². The first-order valence-electron chi connectivity index (χ1n) is 6.52. The summed E-state index contributed by atoms with van der Waals surface area (Å²) in [5.74, 6) is 0.567. The van der Waals surface area contributed by atoms with Gasteiger partial charge < -0.3 is 10.8 Å². The van der Waals surface area contributed by atoms with Gasteiger partial charge in [0, 0.05) is 29.0 Å². The molecule has 0 radical (unpaired) electrons. The van der Waals surface area contributed by atoms with Crippen molar-refractivity contribution in [2.45, 2.75) is 30.7 Å². The molecule has 0 aliphatic carbocycles. The molecule has 0 aliphatic heterocycles. The molecule has 0 saturated heterocycles. The predicted octanol–water partition coefficient (Wildman–Crippen LogP) is 1.44. The Morgan fingerprint density at radius 2 is 2.00 bits per heavy atom. The average Bonchev–Trinajstić information content (AvgIpc) is 2.38. The van der Waals surface area contributed by atoms with Gasteiger partial charge in [0.2, 0.25) is 10.0 Å². The van der Waals surface area contributed by atoms with E-state index in [1.807, 2.05) is 12.1 Å². The molecule has 1 aromatic carbocycles. The maximum absolute atomic E-state index is 11.8. The number of hydrogen-bond acceptors (Lipinski definition) is 5. The largest absolute Gasteiger partial charge is 0.399 e. The van der Waals surface area contributed by atoms with E-state index in [9.17, 15) is 8.42 Å². The summed E-state index contributed by atoms with van der Waals surface area (Å²) in [4.78, 5) is 1.00. The first-order valence-corrected chi connectivity index (χ1v) is 9.16. The van der Waals surface area contributed by atoms with E-state index >= 15 is 0 Å². The van der Waals surface area contributed by atoms with Crippen molar-refractivity contribution in [1.82, 2.24) is 4.72 Å². The van der Waals surface area contributed by atoms with Gasteiger partial charge in [-0.1, -0.05) is 0 Å². The number of rotatable bonds is 9. The number of thioether (sulfide) groups is 1. The molecule has 0 amide bonds. The fourth-order valence-electron chi connectivity index (χ4n) is 1.66. The minimum absolute atomic E-state index is 0.0749. The average molecular weight is 318 g/mol. The predicted molar refractivity (Wildman–Crippen MR) is 84.3 cm³/mol. The van der Waals surface area contributed by atoms with Gasteiger partial charge in [0.1, 0.15) is 0 Å². The highest BCUT2D eigenvalue weighted by molar-refractivity contribution is 8.00. The van der Waals surface area contributed by atoms with Gasteiger partial charge in [-0.2, -0.15) is 0 Å². The van der Waals surface area contributed by atoms with Crippen LogP contribution in [0.25, 0.3) is 0 Å². The lowest BCUT2D eigenvalue weighted by atomic mass is 10.2. The zero-order chi connectivity index (χ0) is 15.0. The minimum Gasteiger partial charge on any atom is -0.399 e. The number of nitrogens with two attached hydrogens (primary N) is 1. The Hall–Kier alpha value is -0.760. The molecule has 0 saturated carbocycles. The van der Waals surface area contributed by atoms with Crippen LogP contribution in [0.4, 0.5) is 5.69 Å². The summed E-state index contributed by atoms with van der Waals surface area (Å²) in [7, 11) is -3.27. The van der Waals surface area contributed by atoms with Crippen LogP contribution in [0.5, 0.6) is 0 Å². The summed E-state index contributed by atoms with van der Waals surface area (Å²) in [6, 6.07) is 7.21. The fraction of sp³-hybridized carbons (Fsp3) is 0.538. The van der Waals surface area contributed by atoms with Crippen LogP contribution in [0.1, 0.15) is 19.8 Å². The molecule has 1 atom stereocenters. The van der Waals surface area contributed by atoms with Crippen molar-refractivity contribution in [2.75, 3.05) is 23.8 Å². The number of aliphatic hydroxyl groups excluding tert-OH is 1. The van der Waals surface area contributed by atoms with Crippen molar-refractivity contribution >= 4 is 27.5 Å². The standard InChI is InChI=1S/C13H22N2O3S2/c1-11(3-2-8-16)15-20(17,18)10-9-19-13-6-4-12(14)5-7-13/h4-7,11,15-16H,2-3,8-10,14H2,1H3. The Balaban J connectivity index is 2.34. The summed E-state index contributed by atoms with van der Waals surface area (Å²) in [5.41, 5.74) is 6.28. The molecule has 7 heteroatoms. The number of hydrogen-bond donors (Lipinski definition) is 3. The van der Waals surface area contributed by atoms with Crippen LogP contribution < -0.4 is 10.5 Å². The molecule has 1 aromatic rings. The zero-order valence-electron chi connectivity index (χ0n) is 11.6. The van der Waals surface area contributed by atoms with E-state index in [2.05, 4.69) is 4.72 Å². The first kappa shape index (κ1) is 17.3. The molecule has 0 aliphatic rings. The van der Waals surface area contributed by atoms with Gasteiger partial charge in [0.25, 0.3) is 0 Å². The zero-order valence-corrected chi connectivity index (χ0v) is 13.2. The third-order valence-corrected chi connectivity index (χ3v) is 5.45. The van der Waals surface area contributed by atoms with E-state index in [1.165, 1.54) is 11.8 Å². The number of anilines is 1. The summed E-state index contributed by atoms with van der Waals surface area (Å²) >= 11 is 1.49. The van der Waals surface area contributed by atoms with Gasteiger partial charge in [0.05, 0.1) is 5.75 Å². The summed E-state index contributed by atoms with van der Waals surface area (Å²) in [5, 5.41) is 8.71. The second-order valence-corrected chi connectivity index (χ2v) is 7.66. The molecule has 114 valence electrons. The van der Waals surface area contributed by atoms with E-state index in [4.69, 9.17) is 10.8 Å². The third-order valence-electron chi connectivity index (χ3n) is 2.68. The van der Waals surface area contributed by atoms with Crippen LogP contribution in [0, 0.1) is 0 Å². The molecule has 0 spiro atoms. The minimum atomic E-state index is -3.27. The Labute approximate surface area is 125 Å². The Morgan fingerprint density at radius 3 is 2.60 bits per heavy atom. The molecule has 1 unspecified atom stereocenters. The summed E-state index contributed by atoms with van der Waals surface area (Å²) in [6.07, 6.45) is 1.24. The topological polar surface area (TPSA) is 92.4 Å². The fourth-order valence-corrected chi connectivity index (χ4v) is 4.28. The lowest BCUT2D eigenvalue weighted by Gasteiger charge is -2.13. The Morgan fingerprint density at radius 1 is 1.35 bits per heavy atom. The molecule has 4 N–H and O–H groups in total. The lowest BCUT2D eigenvalue weighted by molar-refractivity contribution is 0.279. The molecule has 0 aromatic heterocycles. The molecule has 1 rings (SSSR count).